The van der Waals surface area contributed by atoms with Crippen molar-refractivity contribution in [3.8, 4) is 11.3 Å². The molecular weight excluding hydrogens is 332 g/mol. The van der Waals surface area contributed by atoms with Crippen LogP contribution in [0.4, 0.5) is 0 Å². The monoisotopic (exact) mass is 352 g/mol. The molecule has 0 spiro atoms. The Balaban J connectivity index is 0.00000288. The van der Waals surface area contributed by atoms with Crippen LogP contribution in [0.15, 0.2) is 40.9 Å². The Morgan fingerprint density at radius 1 is 1.25 bits per heavy atom. The number of carbonyl (C=O) groups excluding carboxylic acids is 2. The summed E-state index contributed by atoms with van der Waals surface area (Å²) in [7, 11) is 3.50. The second kappa shape index (κ2) is 9.69. The lowest BCUT2D eigenvalue weighted by Crippen LogP contribution is -2.40. The third-order valence-corrected chi connectivity index (χ3v) is 3.32. The molecule has 130 valence electrons. The van der Waals surface area contributed by atoms with Crippen molar-refractivity contribution < 1.29 is 14.1 Å². The van der Waals surface area contributed by atoms with Gasteiger partial charge in [-0.25, -0.2) is 0 Å². The highest BCUT2D eigenvalue weighted by Crippen LogP contribution is 2.19. The summed E-state index contributed by atoms with van der Waals surface area (Å²) in [6, 6.07) is 10.9. The average molecular weight is 353 g/mol. The van der Waals surface area contributed by atoms with Crippen molar-refractivity contribution in [1.82, 2.24) is 20.7 Å². The molecule has 2 amide bonds. The minimum absolute atomic E-state index is 0. The van der Waals surface area contributed by atoms with Crippen LogP contribution in [0.2, 0.25) is 0 Å². The Kier molecular flexibility index (Phi) is 7.94. The van der Waals surface area contributed by atoms with Crippen LogP contribution < -0.4 is 10.6 Å². The predicted molar refractivity (Wildman–Crippen MR) is 93.1 cm³/mol. The van der Waals surface area contributed by atoms with Crippen molar-refractivity contribution >= 4 is 24.2 Å². The molecule has 1 aromatic heterocycles. The van der Waals surface area contributed by atoms with Gasteiger partial charge < -0.3 is 20.1 Å². The van der Waals surface area contributed by atoms with E-state index < -0.39 is 5.91 Å². The summed E-state index contributed by atoms with van der Waals surface area (Å²) < 4.78 is 5.16. The Labute approximate surface area is 146 Å². The third kappa shape index (κ3) is 5.36. The highest BCUT2D eigenvalue weighted by Gasteiger charge is 2.15. The van der Waals surface area contributed by atoms with E-state index in [0.717, 1.165) is 5.56 Å². The topological polar surface area (TPSA) is 87.5 Å². The number of hydrogen-bond acceptors (Lipinski definition) is 5. The minimum Gasteiger partial charge on any atom is -0.355 e. The molecule has 24 heavy (non-hydrogen) atoms. The van der Waals surface area contributed by atoms with Crippen molar-refractivity contribution in [3.05, 3.63) is 42.1 Å². The van der Waals surface area contributed by atoms with E-state index in [1.54, 1.807) is 18.0 Å². The van der Waals surface area contributed by atoms with Gasteiger partial charge in [-0.05, 0) is 7.05 Å². The van der Waals surface area contributed by atoms with E-state index >= 15 is 0 Å². The van der Waals surface area contributed by atoms with Gasteiger partial charge in [0.05, 0.1) is 6.54 Å². The molecule has 2 N–H and O–H groups in total. The Morgan fingerprint density at radius 3 is 2.62 bits per heavy atom. The van der Waals surface area contributed by atoms with Crippen molar-refractivity contribution in [2.45, 2.75) is 0 Å². The SMILES string of the molecule is CNCCN(C)C(=O)CNC(=O)c1cc(-c2ccccc2)on1.Cl. The first-order valence-electron chi connectivity index (χ1n) is 7.30. The summed E-state index contributed by atoms with van der Waals surface area (Å²) in [5.74, 6) is -0.0973. The molecule has 0 aliphatic heterocycles. The molecule has 0 saturated carbocycles. The van der Waals surface area contributed by atoms with Crippen LogP contribution in [0.5, 0.6) is 0 Å². The van der Waals surface area contributed by atoms with E-state index in [1.165, 1.54) is 0 Å². The number of hydrogen-bond donors (Lipinski definition) is 2. The van der Waals surface area contributed by atoms with Crippen molar-refractivity contribution in [2.24, 2.45) is 0 Å². The summed E-state index contributed by atoms with van der Waals surface area (Å²) in [5.41, 5.74) is 0.983. The van der Waals surface area contributed by atoms with Gasteiger partial charge in [-0.3, -0.25) is 9.59 Å². The van der Waals surface area contributed by atoms with Crippen LogP contribution in [0.3, 0.4) is 0 Å². The molecule has 2 aromatic rings. The molecule has 0 fully saturated rings. The number of carbonyl (C=O) groups is 2. The molecule has 0 aliphatic rings. The maximum absolute atomic E-state index is 12.0. The molecule has 8 heteroatoms. The highest BCUT2D eigenvalue weighted by atomic mass is 35.5. The van der Waals surface area contributed by atoms with E-state index in [-0.39, 0.29) is 30.6 Å². The number of benzene rings is 1. The second-order valence-corrected chi connectivity index (χ2v) is 5.04. The summed E-state index contributed by atoms with van der Waals surface area (Å²) in [4.78, 5) is 25.4. The standard InChI is InChI=1S/C16H20N4O3.ClH/c1-17-8-9-20(2)15(21)11-18-16(22)13-10-14(23-19-13)12-6-4-3-5-7-12;/h3-7,10,17H,8-9,11H2,1-2H3,(H,18,22);1H. The summed E-state index contributed by atoms with van der Waals surface area (Å²) in [6.07, 6.45) is 0. The fourth-order valence-electron chi connectivity index (χ4n) is 1.91. The minimum atomic E-state index is -0.439. The maximum Gasteiger partial charge on any atom is 0.273 e. The first kappa shape index (κ1) is 19.7. The zero-order valence-electron chi connectivity index (χ0n) is 13.6. The predicted octanol–water partition coefficient (Wildman–Crippen LogP) is 1.17. The first-order valence-corrected chi connectivity index (χ1v) is 7.30. The average Bonchev–Trinajstić information content (AvgIpc) is 3.08. The molecular formula is C16H21ClN4O3. The van der Waals surface area contributed by atoms with Crippen LogP contribution in [-0.4, -0.2) is 55.6 Å². The lowest BCUT2D eigenvalue weighted by molar-refractivity contribution is -0.128. The van der Waals surface area contributed by atoms with Gasteiger partial charge in [-0.1, -0.05) is 35.5 Å². The summed E-state index contributed by atoms with van der Waals surface area (Å²) >= 11 is 0. The third-order valence-electron chi connectivity index (χ3n) is 3.32. The van der Waals surface area contributed by atoms with Gasteiger partial charge in [0.25, 0.3) is 5.91 Å². The molecule has 0 saturated heterocycles. The van der Waals surface area contributed by atoms with Crippen molar-refractivity contribution in [1.29, 1.82) is 0 Å². The van der Waals surface area contributed by atoms with Crippen LogP contribution in [0, 0.1) is 0 Å². The van der Waals surface area contributed by atoms with Crippen LogP contribution in [-0.2, 0) is 4.79 Å². The fourth-order valence-corrected chi connectivity index (χ4v) is 1.91. The van der Waals surface area contributed by atoms with Gasteiger partial charge in [0.2, 0.25) is 5.91 Å². The zero-order valence-corrected chi connectivity index (χ0v) is 14.4. The molecule has 0 bridgehead atoms. The first-order chi connectivity index (χ1) is 11.1. The van der Waals surface area contributed by atoms with Crippen LogP contribution in [0.25, 0.3) is 11.3 Å². The number of nitrogens with zero attached hydrogens (tertiary/aromatic N) is 2. The van der Waals surface area contributed by atoms with Gasteiger partial charge in [-0.15, -0.1) is 12.4 Å². The Morgan fingerprint density at radius 2 is 1.96 bits per heavy atom. The quantitative estimate of drug-likeness (QED) is 0.781. The summed E-state index contributed by atoms with van der Waals surface area (Å²) in [5, 5.41) is 9.25. The molecule has 0 unspecified atom stereocenters. The van der Waals surface area contributed by atoms with E-state index in [0.29, 0.717) is 18.8 Å². The Hall–Kier alpha value is -2.38. The number of likely N-dealkylation sites (N-methyl/N-ethyl adjacent to an activating group) is 2. The number of rotatable bonds is 7. The lowest BCUT2D eigenvalue weighted by atomic mass is 10.1. The normalized spacial score (nSPS) is 9.92. The van der Waals surface area contributed by atoms with Crippen molar-refractivity contribution in [2.75, 3.05) is 33.7 Å². The molecule has 0 radical (unpaired) electrons. The maximum atomic E-state index is 12.0. The van der Waals surface area contributed by atoms with E-state index in [1.807, 2.05) is 37.4 Å². The fraction of sp³-hybridized carbons (Fsp3) is 0.312. The molecule has 7 nitrogen and oxygen atoms in total. The van der Waals surface area contributed by atoms with Gasteiger partial charge in [0.1, 0.15) is 0 Å². The molecule has 0 atom stereocenters. The van der Waals surface area contributed by atoms with Gasteiger partial charge in [0, 0.05) is 31.8 Å². The Bertz CT molecular complexity index is 660. The molecule has 1 heterocycles. The van der Waals surface area contributed by atoms with Crippen LogP contribution >= 0.6 is 12.4 Å². The smallest absolute Gasteiger partial charge is 0.273 e. The van der Waals surface area contributed by atoms with E-state index in [2.05, 4.69) is 15.8 Å². The second-order valence-electron chi connectivity index (χ2n) is 5.04. The number of aromatic nitrogens is 1. The zero-order chi connectivity index (χ0) is 16.7. The largest absolute Gasteiger partial charge is 0.355 e. The van der Waals surface area contributed by atoms with Crippen molar-refractivity contribution in [3.63, 3.8) is 0 Å². The van der Waals surface area contributed by atoms with Crippen LogP contribution in [0.1, 0.15) is 10.5 Å². The molecule has 2 rings (SSSR count). The lowest BCUT2D eigenvalue weighted by Gasteiger charge is -2.16. The van der Waals surface area contributed by atoms with E-state index in [4.69, 9.17) is 4.52 Å². The molecule has 0 aliphatic carbocycles. The molecule has 1 aromatic carbocycles. The van der Waals surface area contributed by atoms with E-state index in [9.17, 15) is 9.59 Å². The number of amides is 2. The van der Waals surface area contributed by atoms with Gasteiger partial charge in [-0.2, -0.15) is 0 Å². The summed E-state index contributed by atoms with van der Waals surface area (Å²) in [6.45, 7) is 1.19. The number of nitrogens with one attached hydrogen (secondary N) is 2. The van der Waals surface area contributed by atoms with Gasteiger partial charge in [0.15, 0.2) is 11.5 Å². The number of halogens is 1. The highest BCUT2D eigenvalue weighted by molar-refractivity contribution is 5.95. The van der Waals surface area contributed by atoms with Gasteiger partial charge >= 0.3 is 0 Å².